The third-order valence-corrected chi connectivity index (χ3v) is 5.06. The van der Waals surface area contributed by atoms with Gasteiger partial charge < -0.3 is 24.6 Å². The molecule has 0 saturated carbocycles. The average Bonchev–Trinajstić information content (AvgIpc) is 2.99. The number of hydrogen-bond donors (Lipinski definition) is 3. The van der Waals surface area contributed by atoms with Crippen molar-refractivity contribution >= 4 is 10.9 Å². The highest BCUT2D eigenvalue weighted by atomic mass is 16.5. The Hall–Kier alpha value is -3.44. The van der Waals surface area contributed by atoms with Crippen LogP contribution in [0.15, 0.2) is 66.7 Å². The minimum Gasteiger partial charge on any atom is -0.508 e. The van der Waals surface area contributed by atoms with Crippen LogP contribution in [0.4, 0.5) is 0 Å². The van der Waals surface area contributed by atoms with Gasteiger partial charge in [-0.2, -0.15) is 0 Å². The van der Waals surface area contributed by atoms with Crippen molar-refractivity contribution in [3.8, 4) is 28.5 Å². The van der Waals surface area contributed by atoms with E-state index < -0.39 is 0 Å². The predicted octanol–water partition coefficient (Wildman–Crippen LogP) is 4.45. The van der Waals surface area contributed by atoms with Gasteiger partial charge in [0.1, 0.15) is 23.9 Å². The van der Waals surface area contributed by atoms with E-state index >= 15 is 0 Å². The standard InChI is InChI=1S/C24H23NO4/c1-16-22-14-20(28)8-11-23(22)25(24(16)18-4-6-19(27)7-5-18)15-17-2-9-21(10-3-17)29-13-12-26/h2-11,14,26-28H,12-13,15H2,1H3. The van der Waals surface area contributed by atoms with Crippen molar-refractivity contribution in [3.63, 3.8) is 0 Å². The van der Waals surface area contributed by atoms with Crippen LogP contribution in [0.25, 0.3) is 22.2 Å². The summed E-state index contributed by atoms with van der Waals surface area (Å²) in [5.41, 5.74) is 5.25. The summed E-state index contributed by atoms with van der Waals surface area (Å²) < 4.78 is 7.67. The van der Waals surface area contributed by atoms with Crippen molar-refractivity contribution in [2.24, 2.45) is 0 Å². The topological polar surface area (TPSA) is 74.9 Å². The zero-order chi connectivity index (χ0) is 20.4. The SMILES string of the molecule is Cc1c(-c2ccc(O)cc2)n(Cc2ccc(OCCO)cc2)c2ccc(O)cc12. The van der Waals surface area contributed by atoms with Gasteiger partial charge in [-0.1, -0.05) is 12.1 Å². The summed E-state index contributed by atoms with van der Waals surface area (Å²) in [5.74, 6) is 1.19. The van der Waals surface area contributed by atoms with E-state index in [2.05, 4.69) is 4.57 Å². The Labute approximate surface area is 169 Å². The number of ether oxygens (including phenoxy) is 1. The second-order valence-electron chi connectivity index (χ2n) is 7.02. The number of phenolic OH excluding ortho intramolecular Hbond substituents is 2. The van der Waals surface area contributed by atoms with Crippen LogP contribution in [0.2, 0.25) is 0 Å². The third kappa shape index (κ3) is 3.77. The van der Waals surface area contributed by atoms with Gasteiger partial charge in [-0.15, -0.1) is 0 Å². The Bertz CT molecular complexity index is 1130. The summed E-state index contributed by atoms with van der Waals surface area (Å²) in [6.45, 7) is 2.95. The number of aromatic hydroxyl groups is 2. The lowest BCUT2D eigenvalue weighted by Gasteiger charge is -2.13. The van der Waals surface area contributed by atoms with E-state index in [1.54, 1.807) is 24.3 Å². The maximum atomic E-state index is 9.98. The number of fused-ring (bicyclic) bond motifs is 1. The highest BCUT2D eigenvalue weighted by Gasteiger charge is 2.17. The van der Waals surface area contributed by atoms with Gasteiger partial charge in [0.05, 0.1) is 12.3 Å². The smallest absolute Gasteiger partial charge is 0.119 e. The van der Waals surface area contributed by atoms with Crippen LogP contribution in [0.5, 0.6) is 17.2 Å². The Kier molecular flexibility index (Phi) is 5.14. The Morgan fingerprint density at radius 3 is 2.24 bits per heavy atom. The number of aryl methyl sites for hydroxylation is 1. The van der Waals surface area contributed by atoms with Crippen molar-refractivity contribution in [3.05, 3.63) is 77.9 Å². The van der Waals surface area contributed by atoms with E-state index in [1.165, 1.54) is 0 Å². The molecule has 0 fully saturated rings. The monoisotopic (exact) mass is 389 g/mol. The fourth-order valence-corrected chi connectivity index (χ4v) is 3.70. The number of aliphatic hydroxyl groups excluding tert-OH is 1. The van der Waals surface area contributed by atoms with E-state index in [1.807, 2.05) is 49.4 Å². The quantitative estimate of drug-likeness (QED) is 0.456. The van der Waals surface area contributed by atoms with Crippen LogP contribution in [0.3, 0.4) is 0 Å². The van der Waals surface area contributed by atoms with Crippen LogP contribution in [0.1, 0.15) is 11.1 Å². The molecule has 4 rings (SSSR count). The lowest BCUT2D eigenvalue weighted by Crippen LogP contribution is -2.03. The molecule has 0 atom stereocenters. The first-order valence-electron chi connectivity index (χ1n) is 9.50. The van der Waals surface area contributed by atoms with Gasteiger partial charge in [-0.3, -0.25) is 0 Å². The largest absolute Gasteiger partial charge is 0.508 e. The van der Waals surface area contributed by atoms with Gasteiger partial charge >= 0.3 is 0 Å². The summed E-state index contributed by atoms with van der Waals surface area (Å²) in [7, 11) is 0. The lowest BCUT2D eigenvalue weighted by molar-refractivity contribution is 0.201. The van der Waals surface area contributed by atoms with Crippen LogP contribution in [-0.2, 0) is 6.54 Å². The minimum absolute atomic E-state index is 0.0147. The lowest BCUT2D eigenvalue weighted by atomic mass is 10.1. The first-order valence-corrected chi connectivity index (χ1v) is 9.50. The predicted molar refractivity (Wildman–Crippen MR) is 114 cm³/mol. The molecular weight excluding hydrogens is 366 g/mol. The normalized spacial score (nSPS) is 11.1. The molecule has 0 aliphatic heterocycles. The highest BCUT2D eigenvalue weighted by molar-refractivity contribution is 5.92. The first-order chi connectivity index (χ1) is 14.1. The van der Waals surface area contributed by atoms with Crippen LogP contribution >= 0.6 is 0 Å². The Morgan fingerprint density at radius 2 is 1.55 bits per heavy atom. The molecule has 1 heterocycles. The maximum Gasteiger partial charge on any atom is 0.119 e. The van der Waals surface area contributed by atoms with Gasteiger partial charge in [0.15, 0.2) is 0 Å². The van der Waals surface area contributed by atoms with Crippen molar-refractivity contribution in [1.82, 2.24) is 4.57 Å². The third-order valence-electron chi connectivity index (χ3n) is 5.06. The molecule has 0 aliphatic rings. The molecule has 0 aliphatic carbocycles. The molecule has 0 spiro atoms. The van der Waals surface area contributed by atoms with E-state index in [-0.39, 0.29) is 24.7 Å². The summed E-state index contributed by atoms with van der Waals surface area (Å²) in [6, 6.07) is 20.4. The molecule has 29 heavy (non-hydrogen) atoms. The van der Waals surface area contributed by atoms with E-state index in [4.69, 9.17) is 9.84 Å². The molecule has 0 radical (unpaired) electrons. The second-order valence-corrected chi connectivity index (χ2v) is 7.02. The molecule has 3 N–H and O–H groups in total. The van der Waals surface area contributed by atoms with Crippen LogP contribution < -0.4 is 4.74 Å². The Morgan fingerprint density at radius 1 is 0.862 bits per heavy atom. The van der Waals surface area contributed by atoms with Gasteiger partial charge in [-0.05, 0) is 78.2 Å². The zero-order valence-corrected chi connectivity index (χ0v) is 16.2. The maximum absolute atomic E-state index is 9.98. The fraction of sp³-hybridized carbons (Fsp3) is 0.167. The summed E-state index contributed by atoms with van der Waals surface area (Å²) in [5, 5.41) is 29.5. The molecule has 0 saturated heterocycles. The number of aromatic nitrogens is 1. The number of rotatable bonds is 6. The first kappa shape index (κ1) is 18.9. The number of hydrogen-bond acceptors (Lipinski definition) is 4. The summed E-state index contributed by atoms with van der Waals surface area (Å²) in [4.78, 5) is 0. The van der Waals surface area contributed by atoms with Gasteiger partial charge in [-0.25, -0.2) is 0 Å². The Balaban J connectivity index is 1.80. The van der Waals surface area contributed by atoms with Crippen molar-refractivity contribution in [2.75, 3.05) is 13.2 Å². The molecule has 5 nitrogen and oxygen atoms in total. The average molecular weight is 389 g/mol. The fourth-order valence-electron chi connectivity index (χ4n) is 3.70. The van der Waals surface area contributed by atoms with E-state index in [0.717, 1.165) is 39.0 Å². The number of phenols is 2. The zero-order valence-electron chi connectivity index (χ0n) is 16.2. The number of nitrogens with zero attached hydrogens (tertiary/aromatic N) is 1. The van der Waals surface area contributed by atoms with E-state index in [0.29, 0.717) is 6.54 Å². The molecule has 148 valence electrons. The van der Waals surface area contributed by atoms with Crippen molar-refractivity contribution < 1.29 is 20.1 Å². The molecule has 1 aromatic heterocycles. The molecular formula is C24H23NO4. The van der Waals surface area contributed by atoms with Gasteiger partial charge in [0.25, 0.3) is 0 Å². The molecule has 0 unspecified atom stereocenters. The van der Waals surface area contributed by atoms with E-state index in [9.17, 15) is 10.2 Å². The molecule has 0 bridgehead atoms. The van der Waals surface area contributed by atoms with Crippen molar-refractivity contribution in [1.29, 1.82) is 0 Å². The summed E-state index contributed by atoms with van der Waals surface area (Å²) >= 11 is 0. The summed E-state index contributed by atoms with van der Waals surface area (Å²) in [6.07, 6.45) is 0. The number of aliphatic hydroxyl groups is 1. The molecule has 4 aromatic rings. The minimum atomic E-state index is -0.0147. The second kappa shape index (κ2) is 7.89. The van der Waals surface area contributed by atoms with Crippen LogP contribution in [-0.4, -0.2) is 33.1 Å². The molecule has 0 amide bonds. The molecule has 3 aromatic carbocycles. The number of benzene rings is 3. The van der Waals surface area contributed by atoms with Gasteiger partial charge in [0.2, 0.25) is 0 Å². The van der Waals surface area contributed by atoms with Crippen molar-refractivity contribution in [2.45, 2.75) is 13.5 Å². The molecule has 5 heteroatoms. The van der Waals surface area contributed by atoms with Crippen LogP contribution in [0, 0.1) is 6.92 Å². The highest BCUT2D eigenvalue weighted by Crippen LogP contribution is 2.36. The van der Waals surface area contributed by atoms with Gasteiger partial charge in [0, 0.05) is 17.4 Å².